The van der Waals surface area contributed by atoms with Crippen molar-refractivity contribution in [1.29, 1.82) is 0 Å². The second-order valence-electron chi connectivity index (χ2n) is 26.1. The first kappa shape index (κ1) is 92.8. The molecule has 4 bridgehead atoms. The molecule has 4 amide bonds. The average molecular weight is 1440 g/mol. The Balaban J connectivity index is 0. The van der Waals surface area contributed by atoms with Gasteiger partial charge < -0.3 is 101 Å². The van der Waals surface area contributed by atoms with E-state index < -0.39 is 88.7 Å². The first-order valence-electron chi connectivity index (χ1n) is 31.7. The van der Waals surface area contributed by atoms with Gasteiger partial charge in [0.2, 0.25) is 11.0 Å². The molecule has 0 aromatic heterocycles. The summed E-state index contributed by atoms with van der Waals surface area (Å²) in [5.41, 5.74) is 21.2. The number of ketones is 2. The SMILES string of the molecule is C=CCCC1=C2C[C@@H](C)C[C@H](OC)[C@H](O)[C@@H](C)/C=C(\C)[C@H](OC(N)=O)[C@@H](C)/C=C\C=C(/C)C(=O)NC(=CC1=O)C2=O.C=CC[NH2+]c1c(O)cc2c(O)c1C[C@@H](C)C[C@H](OC)[C@H](O)[C@@H](C)/C=C(\C)[C@H](OC(N)=O)[C@@H](C)/C=C\C=C(/C)C(=O)N2.CC(C)(N)C(=O)Cl.CC(C)([NH3+])C(=O)[O-].Cl.[Cl-]. The van der Waals surface area contributed by atoms with Gasteiger partial charge in [-0.2, -0.15) is 0 Å². The normalized spacial score (nSPS) is 27.5. The van der Waals surface area contributed by atoms with Crippen LogP contribution in [0.25, 0.3) is 0 Å². The maximum atomic E-state index is 13.6. The lowest BCUT2D eigenvalue weighted by Gasteiger charge is -2.29. The second-order valence-corrected chi connectivity index (χ2v) is 26.4. The number of nitrogens with one attached hydrogen (secondary N) is 2. The Bertz CT molecular complexity index is 3170. The number of halogens is 3. The smallest absolute Gasteiger partial charge is 0.405 e. The second kappa shape index (κ2) is 44.0. The highest BCUT2D eigenvalue weighted by molar-refractivity contribution is 6.65. The zero-order valence-electron chi connectivity index (χ0n) is 59.5. The van der Waals surface area contributed by atoms with Gasteiger partial charge in [0.15, 0.2) is 17.2 Å². The van der Waals surface area contributed by atoms with Crippen LogP contribution in [0.4, 0.5) is 21.0 Å². The largest absolute Gasteiger partial charge is 1.00 e. The Hall–Kier alpha value is -7.23. The van der Waals surface area contributed by atoms with E-state index in [1.165, 1.54) is 40.2 Å². The van der Waals surface area contributed by atoms with Crippen molar-refractivity contribution in [3.63, 3.8) is 0 Å². The molecule has 17 N–H and O–H groups in total. The van der Waals surface area contributed by atoms with Crippen LogP contribution in [0.1, 0.15) is 135 Å². The highest BCUT2D eigenvalue weighted by atomic mass is 35.5. The van der Waals surface area contributed by atoms with Gasteiger partial charge in [0.05, 0.1) is 53.4 Å². The van der Waals surface area contributed by atoms with Crippen molar-refractivity contribution in [2.24, 2.45) is 52.7 Å². The molecule has 2 heterocycles. The van der Waals surface area contributed by atoms with E-state index in [4.69, 9.17) is 47.7 Å². The van der Waals surface area contributed by atoms with Crippen molar-refractivity contribution in [1.82, 2.24) is 5.32 Å². The van der Waals surface area contributed by atoms with Crippen molar-refractivity contribution in [3.8, 4) is 11.5 Å². The van der Waals surface area contributed by atoms with Gasteiger partial charge >= 0.3 is 12.2 Å². The van der Waals surface area contributed by atoms with Crippen molar-refractivity contribution in [2.45, 2.75) is 183 Å². The quantitative estimate of drug-likeness (QED) is 0.0355. The summed E-state index contributed by atoms with van der Waals surface area (Å²) in [6.07, 6.45) is 14.5. The van der Waals surface area contributed by atoms with Gasteiger partial charge in [-0.3, -0.25) is 24.0 Å². The zero-order valence-corrected chi connectivity index (χ0v) is 61.8. The van der Waals surface area contributed by atoms with E-state index in [9.17, 15) is 63.9 Å². The summed E-state index contributed by atoms with van der Waals surface area (Å²) >= 11 is 4.99. The van der Waals surface area contributed by atoms with Crippen molar-refractivity contribution in [3.05, 3.63) is 131 Å². The van der Waals surface area contributed by atoms with Gasteiger partial charge in [-0.05, 0) is 135 Å². The van der Waals surface area contributed by atoms with Crippen LogP contribution < -0.4 is 56.4 Å². The number of anilines is 1. The summed E-state index contributed by atoms with van der Waals surface area (Å²) in [6, 6.07) is 1.33. The number of aliphatic hydroxyl groups is 2. The van der Waals surface area contributed by atoms with Crippen molar-refractivity contribution in [2.75, 3.05) is 26.1 Å². The number of hydrogen-bond donors (Lipinski definition) is 11. The Morgan fingerprint density at radius 2 is 1.17 bits per heavy atom. The standard InChI is InChI=1S/C32H44N2O7.C31H45N3O7.C4H8ClNO.C4H9NO2.2ClH/c1-8-9-13-23-24-14-18(2)15-27(40-7)28(36)21(5)16-22(6)30(41-32(33)39)19(3)11-10-12-20(4)31(38)34-25(29(24)37)17-26(23)35;1-8-12-33-26-22-13-17(2)14-25(40-7)27(36)20(5)15-21(6)29(41-31(32)39)18(3)10-9-11-19(4)30(38)34-23(28(22)37)16-24(26)35;1-4(2,6)3(5)7;1-4(2,5)3(6)7;;/h8,10-12,16-19,21,27-28,30,36H,1,9,13-15H2,2-7H3,(H2,33,39)(H,34,38);8-11,15-18,20,25,27,29,33,35-37H,1,12-14H2,2-7H3,(H2,32,39)(H,34,38);6H2,1-2H3;5H2,1-2H3,(H,6,7);2*1H/b11-10-,20-12+,22-16+;10-9-,19-11+,21-15+;;;;/t18-,19+,21+,27+,28-,30-;17-,18+,20+,25+,27-,29-;;;;/m11..../s1. The summed E-state index contributed by atoms with van der Waals surface area (Å²) in [5, 5.41) is 60.9. The molecule has 1 aromatic carbocycles. The minimum absolute atomic E-state index is 0. The number of carbonyl (C=O) groups is 8. The number of hydrogen-bond acceptors (Lipinski definition) is 18. The first-order valence-corrected chi connectivity index (χ1v) is 32.1. The number of carboxylic acid groups (broad SMARTS) is 1. The van der Waals surface area contributed by atoms with Gasteiger partial charge in [0.1, 0.15) is 29.5 Å². The number of methoxy groups -OCH3 is 2. The number of primary amides is 2. The Labute approximate surface area is 595 Å². The predicted octanol–water partition coefficient (Wildman–Crippen LogP) is 3.62. The number of carboxylic acids is 1. The monoisotopic (exact) mass is 1440 g/mol. The molecule has 1 aromatic rings. The maximum Gasteiger partial charge on any atom is 0.405 e. The Morgan fingerprint density at radius 3 is 1.55 bits per heavy atom. The van der Waals surface area contributed by atoms with Crippen LogP contribution in [0.2, 0.25) is 0 Å². The third-order valence-electron chi connectivity index (χ3n) is 16.0. The number of phenolic OH excluding ortho intramolecular Hbond substituents is 2. The lowest BCUT2D eigenvalue weighted by atomic mass is 9.82. The number of Topliss-reactive ketones (excluding diaryl/α,β-unsaturated/α-hetero) is 1. The molecule has 0 spiro atoms. The number of amides is 4. The van der Waals surface area contributed by atoms with Crippen LogP contribution in [-0.2, 0) is 54.1 Å². The molecular formula is C71H108Cl3N7O17. The first-order chi connectivity index (χ1) is 44.5. The van der Waals surface area contributed by atoms with Gasteiger partial charge in [-0.1, -0.05) is 103 Å². The molecule has 0 radical (unpaired) electrons. The van der Waals surface area contributed by atoms with E-state index >= 15 is 0 Å². The third-order valence-corrected chi connectivity index (χ3v) is 16.5. The molecule has 3 aliphatic rings. The zero-order chi connectivity index (χ0) is 73.9. The fraction of sp³-hybridized carbons (Fsp3) is 0.521. The molecular weight excluding hydrogens is 1330 g/mol. The van der Waals surface area contributed by atoms with Gasteiger partial charge in [0.25, 0.3) is 11.8 Å². The Morgan fingerprint density at radius 1 is 0.755 bits per heavy atom. The number of aliphatic hydroxyl groups excluding tert-OH is 2. The van der Waals surface area contributed by atoms with Gasteiger partial charge in [-0.25, -0.2) is 9.59 Å². The number of phenols is 2. The fourth-order valence-electron chi connectivity index (χ4n) is 10.3. The van der Waals surface area contributed by atoms with Crippen LogP contribution in [0.3, 0.4) is 0 Å². The summed E-state index contributed by atoms with van der Waals surface area (Å²) in [6.45, 7) is 32.1. The van der Waals surface area contributed by atoms with Crippen molar-refractivity contribution < 1.29 is 106 Å². The fourth-order valence-corrected chi connectivity index (χ4v) is 10.3. The van der Waals surface area contributed by atoms with E-state index in [0.29, 0.717) is 83.3 Å². The van der Waals surface area contributed by atoms with Gasteiger partial charge in [0, 0.05) is 72.3 Å². The molecule has 98 heavy (non-hydrogen) atoms. The number of carbonyl (C=O) groups excluding carboxylic acids is 8. The van der Waals surface area contributed by atoms with Crippen molar-refractivity contribution >= 4 is 82.2 Å². The Kier molecular flexibility index (Phi) is 41.7. The third kappa shape index (κ3) is 30.9. The minimum atomic E-state index is -1.12. The van der Waals surface area contributed by atoms with Crippen LogP contribution in [0, 0.1) is 35.5 Å². The van der Waals surface area contributed by atoms with E-state index in [2.05, 4.69) is 29.5 Å². The van der Waals surface area contributed by atoms with E-state index in [1.54, 1.807) is 88.5 Å². The number of allylic oxidation sites excluding steroid dienone is 8. The summed E-state index contributed by atoms with van der Waals surface area (Å²) in [4.78, 5) is 95.9. The number of benzene rings is 1. The molecule has 0 saturated heterocycles. The van der Waals surface area contributed by atoms with Gasteiger partial charge in [-0.15, -0.1) is 19.0 Å². The molecule has 1 aliphatic carbocycles. The lowest BCUT2D eigenvalue weighted by molar-refractivity contribution is -0.562. The molecule has 550 valence electrons. The molecule has 4 rings (SSSR count). The molecule has 2 aliphatic heterocycles. The number of aromatic hydroxyl groups is 2. The topological polar surface area (TPSA) is 424 Å². The lowest BCUT2D eigenvalue weighted by Crippen LogP contribution is -3.00. The number of fused-ring (bicyclic) bond motifs is 4. The number of aliphatic carboxylic acids is 1. The molecule has 27 heteroatoms. The highest BCUT2D eigenvalue weighted by Crippen LogP contribution is 2.41. The average Bonchev–Trinajstić information content (AvgIpc) is 0.855. The maximum absolute atomic E-state index is 13.6. The summed E-state index contributed by atoms with van der Waals surface area (Å²) in [7, 11) is 3.05. The van der Waals surface area contributed by atoms with Crippen LogP contribution in [0.5, 0.6) is 11.5 Å². The summed E-state index contributed by atoms with van der Waals surface area (Å²) in [5.74, 6) is -4.64. The van der Waals surface area contributed by atoms with E-state index in [1.807, 2.05) is 60.6 Å². The van der Waals surface area contributed by atoms with E-state index in [0.717, 1.165) is 0 Å². The minimum Gasteiger partial charge on any atom is -1.00 e. The highest BCUT2D eigenvalue weighted by Gasteiger charge is 2.35. The van der Waals surface area contributed by atoms with E-state index in [-0.39, 0.29) is 95.4 Å². The number of nitrogens with two attached hydrogens (primary N) is 4. The molecule has 0 saturated carbocycles. The van der Waals surface area contributed by atoms with Crippen LogP contribution in [0.15, 0.2) is 125 Å². The molecule has 0 unspecified atom stereocenters. The number of rotatable bonds is 12. The predicted molar refractivity (Wildman–Crippen MR) is 374 cm³/mol. The number of quaternary nitrogens is 2. The molecule has 12 atom stereocenters. The molecule has 0 fully saturated rings. The number of ether oxygens (including phenoxy) is 4. The van der Waals surface area contributed by atoms with Crippen LogP contribution in [-0.4, -0.2) is 136 Å². The van der Waals surface area contributed by atoms with Crippen LogP contribution >= 0.6 is 24.0 Å². The molecule has 24 nitrogen and oxygen atoms in total. The summed E-state index contributed by atoms with van der Waals surface area (Å²) < 4.78 is 22.2.